The first kappa shape index (κ1) is 18.0. The van der Waals surface area contributed by atoms with E-state index in [0.29, 0.717) is 6.61 Å². The molecule has 2 nitrogen and oxygen atoms in total. The number of esters is 1. The van der Waals surface area contributed by atoms with Gasteiger partial charge in [-0.1, -0.05) is 71.1 Å². The largest absolute Gasteiger partial charge is 0.456 e. The van der Waals surface area contributed by atoms with Crippen LogP contribution in [-0.4, -0.2) is 12.6 Å². The van der Waals surface area contributed by atoms with E-state index in [-0.39, 0.29) is 5.97 Å². The summed E-state index contributed by atoms with van der Waals surface area (Å²) in [5, 5.41) is 0. The molecule has 0 fully saturated rings. The Morgan fingerprint density at radius 2 is 1.42 bits per heavy atom. The van der Waals surface area contributed by atoms with Crippen LogP contribution in [0.25, 0.3) is 0 Å². The lowest BCUT2D eigenvalue weighted by Crippen LogP contribution is -2.02. The molecular weight excluding hydrogens is 236 g/mol. The Morgan fingerprint density at radius 3 is 2.11 bits per heavy atom. The SMILES string of the molecule is CCCCCCCCC#CC(=O)OCCCCCC. The molecule has 0 saturated carbocycles. The van der Waals surface area contributed by atoms with Crippen molar-refractivity contribution in [1.82, 2.24) is 0 Å². The van der Waals surface area contributed by atoms with Crippen LogP contribution in [0.4, 0.5) is 0 Å². The standard InChI is InChI=1S/C17H30O2/c1-3-5-7-9-10-11-12-13-15-17(18)19-16-14-8-6-4-2/h3-12,14,16H2,1-2H3. The predicted molar refractivity (Wildman–Crippen MR) is 80.9 cm³/mol. The van der Waals surface area contributed by atoms with Gasteiger partial charge in [-0.3, -0.25) is 0 Å². The minimum absolute atomic E-state index is 0.359. The quantitative estimate of drug-likeness (QED) is 0.231. The summed E-state index contributed by atoms with van der Waals surface area (Å²) in [7, 11) is 0. The minimum Gasteiger partial charge on any atom is -0.456 e. The highest BCUT2D eigenvalue weighted by molar-refractivity contribution is 5.88. The van der Waals surface area contributed by atoms with Crippen molar-refractivity contribution in [3.8, 4) is 11.8 Å². The van der Waals surface area contributed by atoms with Crippen LogP contribution in [0.2, 0.25) is 0 Å². The van der Waals surface area contributed by atoms with E-state index in [1.807, 2.05) is 0 Å². The Balaban J connectivity index is 3.33. The molecule has 0 radical (unpaired) electrons. The first-order chi connectivity index (χ1) is 9.31. The molecule has 0 aliphatic carbocycles. The topological polar surface area (TPSA) is 26.3 Å². The van der Waals surface area contributed by atoms with E-state index in [4.69, 9.17) is 4.74 Å². The van der Waals surface area contributed by atoms with Crippen molar-refractivity contribution >= 4 is 5.97 Å². The van der Waals surface area contributed by atoms with E-state index in [1.54, 1.807) is 0 Å². The Bertz CT molecular complexity index is 260. The molecule has 0 heterocycles. The second-order valence-electron chi connectivity index (χ2n) is 5.02. The van der Waals surface area contributed by atoms with Crippen LogP contribution in [0.1, 0.15) is 84.5 Å². The van der Waals surface area contributed by atoms with Crippen LogP contribution >= 0.6 is 0 Å². The number of unbranched alkanes of at least 4 members (excludes halogenated alkanes) is 9. The third-order valence-corrected chi connectivity index (χ3v) is 3.08. The van der Waals surface area contributed by atoms with E-state index in [2.05, 4.69) is 25.7 Å². The fourth-order valence-corrected chi connectivity index (χ4v) is 1.86. The van der Waals surface area contributed by atoms with Crippen molar-refractivity contribution in [2.75, 3.05) is 6.61 Å². The molecule has 0 unspecified atom stereocenters. The van der Waals surface area contributed by atoms with Crippen molar-refractivity contribution < 1.29 is 9.53 Å². The number of carbonyl (C=O) groups is 1. The van der Waals surface area contributed by atoms with Crippen LogP contribution in [0, 0.1) is 11.8 Å². The van der Waals surface area contributed by atoms with Crippen molar-refractivity contribution in [1.29, 1.82) is 0 Å². The van der Waals surface area contributed by atoms with E-state index in [0.717, 1.165) is 25.7 Å². The molecular formula is C17H30O2. The maximum Gasteiger partial charge on any atom is 0.384 e. The third kappa shape index (κ3) is 15.0. The molecule has 0 saturated heterocycles. The molecule has 0 aromatic heterocycles. The molecule has 0 aliphatic rings. The Hall–Kier alpha value is -0.970. The van der Waals surface area contributed by atoms with Gasteiger partial charge in [0.05, 0.1) is 6.61 Å². The Kier molecular flexibility index (Phi) is 14.3. The molecule has 110 valence electrons. The number of ether oxygens (including phenoxy) is 1. The van der Waals surface area contributed by atoms with Crippen LogP contribution in [-0.2, 0) is 9.53 Å². The van der Waals surface area contributed by atoms with Crippen molar-refractivity contribution in [2.45, 2.75) is 84.5 Å². The molecule has 0 aromatic rings. The molecule has 0 rings (SSSR count). The minimum atomic E-state index is -0.359. The fraction of sp³-hybridized carbons (Fsp3) is 0.824. The lowest BCUT2D eigenvalue weighted by Gasteiger charge is -1.99. The smallest absolute Gasteiger partial charge is 0.384 e. The first-order valence-electron chi connectivity index (χ1n) is 7.96. The number of hydrogen-bond donors (Lipinski definition) is 0. The second kappa shape index (κ2) is 15.1. The second-order valence-corrected chi connectivity index (χ2v) is 5.02. The molecule has 0 aliphatic heterocycles. The number of hydrogen-bond acceptors (Lipinski definition) is 2. The van der Waals surface area contributed by atoms with Gasteiger partial charge in [0.2, 0.25) is 0 Å². The maximum absolute atomic E-state index is 11.3. The molecule has 0 spiro atoms. The highest BCUT2D eigenvalue weighted by Crippen LogP contribution is 2.06. The van der Waals surface area contributed by atoms with Crippen LogP contribution in [0.5, 0.6) is 0 Å². The van der Waals surface area contributed by atoms with E-state index >= 15 is 0 Å². The maximum atomic E-state index is 11.3. The molecule has 19 heavy (non-hydrogen) atoms. The monoisotopic (exact) mass is 266 g/mol. The lowest BCUT2D eigenvalue weighted by molar-refractivity contribution is -0.136. The van der Waals surface area contributed by atoms with Crippen LogP contribution in [0.3, 0.4) is 0 Å². The van der Waals surface area contributed by atoms with Gasteiger partial charge in [-0.05, 0) is 12.8 Å². The number of carbonyl (C=O) groups excluding carboxylic acids is 1. The van der Waals surface area contributed by atoms with E-state index in [1.165, 1.54) is 44.9 Å². The summed E-state index contributed by atoms with van der Waals surface area (Å²) in [5.74, 6) is 5.11. The number of rotatable bonds is 11. The van der Waals surface area contributed by atoms with Gasteiger partial charge in [-0.25, -0.2) is 4.79 Å². The molecule has 0 atom stereocenters. The highest BCUT2D eigenvalue weighted by atomic mass is 16.5. The molecule has 2 heteroatoms. The zero-order valence-corrected chi connectivity index (χ0v) is 12.8. The summed E-state index contributed by atoms with van der Waals surface area (Å²) in [5.41, 5.74) is 0. The zero-order chi connectivity index (χ0) is 14.2. The van der Waals surface area contributed by atoms with Crippen LogP contribution < -0.4 is 0 Å². The average molecular weight is 266 g/mol. The van der Waals surface area contributed by atoms with E-state index < -0.39 is 0 Å². The van der Waals surface area contributed by atoms with Crippen molar-refractivity contribution in [3.63, 3.8) is 0 Å². The van der Waals surface area contributed by atoms with Gasteiger partial charge in [-0.2, -0.15) is 0 Å². The van der Waals surface area contributed by atoms with Gasteiger partial charge in [0.1, 0.15) is 0 Å². The Morgan fingerprint density at radius 1 is 0.842 bits per heavy atom. The summed E-state index contributed by atoms with van der Waals surface area (Å²) >= 11 is 0. The van der Waals surface area contributed by atoms with Crippen molar-refractivity contribution in [3.05, 3.63) is 0 Å². The van der Waals surface area contributed by atoms with E-state index in [9.17, 15) is 4.79 Å². The van der Waals surface area contributed by atoms with Crippen LogP contribution in [0.15, 0.2) is 0 Å². The normalized spacial score (nSPS) is 9.79. The van der Waals surface area contributed by atoms with Crippen molar-refractivity contribution in [2.24, 2.45) is 0 Å². The predicted octanol–water partition coefficient (Wildman–Crippen LogP) is 4.86. The summed E-state index contributed by atoms with van der Waals surface area (Å²) < 4.78 is 5.04. The van der Waals surface area contributed by atoms with Gasteiger partial charge in [0.15, 0.2) is 0 Å². The molecule has 0 bridgehead atoms. The summed E-state index contributed by atoms with van der Waals surface area (Å²) in [4.78, 5) is 11.3. The zero-order valence-electron chi connectivity index (χ0n) is 12.8. The third-order valence-electron chi connectivity index (χ3n) is 3.08. The van der Waals surface area contributed by atoms with Gasteiger partial charge in [-0.15, -0.1) is 0 Å². The molecule has 0 N–H and O–H groups in total. The van der Waals surface area contributed by atoms with Gasteiger partial charge in [0, 0.05) is 12.3 Å². The molecule has 0 amide bonds. The summed E-state index contributed by atoms with van der Waals surface area (Å²) in [6.07, 6.45) is 12.9. The molecule has 0 aromatic carbocycles. The highest BCUT2D eigenvalue weighted by Gasteiger charge is 1.96. The summed E-state index contributed by atoms with van der Waals surface area (Å²) in [6, 6.07) is 0. The fourth-order valence-electron chi connectivity index (χ4n) is 1.86. The van der Waals surface area contributed by atoms with Gasteiger partial charge in [0.25, 0.3) is 0 Å². The lowest BCUT2D eigenvalue weighted by atomic mass is 10.1. The first-order valence-corrected chi connectivity index (χ1v) is 7.96. The van der Waals surface area contributed by atoms with Gasteiger partial charge < -0.3 is 4.74 Å². The Labute approximate surface area is 119 Å². The van der Waals surface area contributed by atoms with Gasteiger partial charge >= 0.3 is 5.97 Å². The summed E-state index contributed by atoms with van der Waals surface area (Å²) in [6.45, 7) is 4.91. The average Bonchev–Trinajstić information content (AvgIpc) is 2.41.